The molecule has 2 bridgehead atoms. The van der Waals surface area contributed by atoms with Crippen LogP contribution in [0.15, 0.2) is 24.4 Å². The molecular formula is C22H22F3N9Pt. The predicted molar refractivity (Wildman–Crippen MR) is 114 cm³/mol. The molecule has 1 saturated carbocycles. The van der Waals surface area contributed by atoms with Crippen LogP contribution in [0.1, 0.15) is 62.4 Å². The molecule has 4 aromatic heterocycles. The van der Waals surface area contributed by atoms with Crippen molar-refractivity contribution in [3.8, 4) is 23.0 Å². The van der Waals surface area contributed by atoms with Gasteiger partial charge in [-0.1, -0.05) is 26.8 Å². The van der Waals surface area contributed by atoms with Crippen LogP contribution in [-0.2, 0) is 32.7 Å². The third-order valence-corrected chi connectivity index (χ3v) is 7.30. The monoisotopic (exact) mass is 664 g/mol. The number of aromatic amines is 1. The summed E-state index contributed by atoms with van der Waals surface area (Å²) in [6, 6.07) is 6.04. The zero-order valence-electron chi connectivity index (χ0n) is 19.3. The van der Waals surface area contributed by atoms with E-state index in [0.29, 0.717) is 17.2 Å². The van der Waals surface area contributed by atoms with Crippen LogP contribution in [0.2, 0.25) is 0 Å². The van der Waals surface area contributed by atoms with E-state index in [-0.39, 0.29) is 38.1 Å². The summed E-state index contributed by atoms with van der Waals surface area (Å²) in [5, 5.41) is 21.0. The maximum absolute atomic E-state index is 12.1. The minimum atomic E-state index is -4.61. The Bertz CT molecular complexity index is 1330. The predicted octanol–water partition coefficient (Wildman–Crippen LogP) is 3.82. The first kappa shape index (κ1) is 25.2. The Labute approximate surface area is 213 Å². The molecular weight excluding hydrogens is 642 g/mol. The number of aromatic nitrogens is 9. The van der Waals surface area contributed by atoms with Gasteiger partial charge < -0.3 is 20.2 Å². The summed E-state index contributed by atoms with van der Waals surface area (Å²) in [5.74, 6) is -0.690. The Morgan fingerprint density at radius 3 is 2.37 bits per heavy atom. The molecule has 0 spiro atoms. The molecule has 0 amide bonds. The van der Waals surface area contributed by atoms with Gasteiger partial charge in [-0.25, -0.2) is 0 Å². The number of hydrogen-bond donors (Lipinski definition) is 1. The van der Waals surface area contributed by atoms with Crippen molar-refractivity contribution in [3.05, 3.63) is 47.3 Å². The van der Waals surface area contributed by atoms with E-state index >= 15 is 0 Å². The number of H-pyrrole nitrogens is 1. The second-order valence-electron chi connectivity index (χ2n) is 9.36. The topological polar surface area (TPSA) is 121 Å². The fourth-order valence-electron chi connectivity index (χ4n) is 5.13. The molecule has 0 radical (unpaired) electrons. The fraction of sp³-hybridized carbons (Fsp3) is 0.455. The summed E-state index contributed by atoms with van der Waals surface area (Å²) in [6.07, 6.45) is -0.228. The Morgan fingerprint density at radius 2 is 1.77 bits per heavy atom. The van der Waals surface area contributed by atoms with Crippen molar-refractivity contribution in [2.75, 3.05) is 0 Å². The fourth-order valence-corrected chi connectivity index (χ4v) is 5.13. The van der Waals surface area contributed by atoms with Gasteiger partial charge in [-0.05, 0) is 54.9 Å². The second kappa shape index (κ2) is 8.65. The summed E-state index contributed by atoms with van der Waals surface area (Å²) in [7, 11) is 0. The van der Waals surface area contributed by atoms with Crippen LogP contribution in [0.5, 0.6) is 0 Å². The Balaban J connectivity index is 0.000000165. The molecule has 4 aromatic rings. The third kappa shape index (κ3) is 4.01. The number of hydrogen-bond acceptors (Lipinski definition) is 6. The SMILES string of the molecule is CC12CCC(c3c(-c4ccccn4)n[nH]c31)C2(C)C.Cc1n[n-]c(-c2nc(C(F)(F)F)n[n-]2)n1.[Pt+2]. The van der Waals surface area contributed by atoms with Gasteiger partial charge in [-0.2, -0.15) is 18.3 Å². The van der Waals surface area contributed by atoms with Gasteiger partial charge in [0.05, 0.1) is 5.69 Å². The van der Waals surface area contributed by atoms with Crippen LogP contribution in [0.3, 0.4) is 0 Å². The molecule has 13 heteroatoms. The van der Waals surface area contributed by atoms with Gasteiger partial charge in [0.15, 0.2) is 0 Å². The number of halogens is 3. The van der Waals surface area contributed by atoms with Gasteiger partial charge in [0, 0.05) is 28.7 Å². The molecule has 2 unspecified atom stereocenters. The number of aryl methyl sites for hydroxylation is 1. The second-order valence-corrected chi connectivity index (χ2v) is 9.36. The number of rotatable bonds is 2. The zero-order valence-corrected chi connectivity index (χ0v) is 21.6. The van der Waals surface area contributed by atoms with Crippen molar-refractivity contribution in [2.45, 2.75) is 58.0 Å². The van der Waals surface area contributed by atoms with Crippen molar-refractivity contribution >= 4 is 0 Å². The molecule has 2 atom stereocenters. The van der Waals surface area contributed by atoms with E-state index in [2.05, 4.69) is 72.4 Å². The van der Waals surface area contributed by atoms with Crippen LogP contribution in [0.25, 0.3) is 23.0 Å². The van der Waals surface area contributed by atoms with Crippen molar-refractivity contribution in [1.29, 1.82) is 0 Å². The summed E-state index contributed by atoms with van der Waals surface area (Å²) >= 11 is 0. The standard InChI is InChI=1S/C16H19N3.C6H3F3N6.Pt/c1-15(2)10-7-8-16(15,3)14-12(10)13(18-19-14)11-6-4-5-9-17-11;1-2-10-3(13-12-2)4-11-5(15-14-4)6(7,8)9;/h4-6,9-10H,7-8H2,1-3H3,(H,18,19);1H3;/q;-2;+2. The van der Waals surface area contributed by atoms with Crippen LogP contribution in [-0.4, -0.2) is 35.3 Å². The molecule has 0 aromatic carbocycles. The molecule has 1 N–H and O–H groups in total. The van der Waals surface area contributed by atoms with Gasteiger partial charge in [0.1, 0.15) is 11.5 Å². The van der Waals surface area contributed by atoms with E-state index in [1.54, 1.807) is 6.92 Å². The van der Waals surface area contributed by atoms with Gasteiger partial charge in [0.2, 0.25) is 0 Å². The average Bonchev–Trinajstić information content (AvgIpc) is 3.57. The smallest absolute Gasteiger partial charge is 0.423 e. The van der Waals surface area contributed by atoms with E-state index in [4.69, 9.17) is 0 Å². The van der Waals surface area contributed by atoms with Crippen LogP contribution in [0, 0.1) is 12.3 Å². The molecule has 2 aliphatic rings. The van der Waals surface area contributed by atoms with Crippen LogP contribution < -0.4 is 10.2 Å². The Hall–Kier alpha value is -2.88. The van der Waals surface area contributed by atoms with E-state index in [1.165, 1.54) is 24.1 Å². The van der Waals surface area contributed by atoms with E-state index in [0.717, 1.165) is 11.4 Å². The molecule has 1 fully saturated rings. The van der Waals surface area contributed by atoms with Crippen molar-refractivity contribution in [2.24, 2.45) is 5.41 Å². The molecule has 9 nitrogen and oxygen atoms in total. The number of pyridine rings is 1. The normalized spacial score (nSPS) is 21.7. The summed E-state index contributed by atoms with van der Waals surface area (Å²) < 4.78 is 36.3. The minimum absolute atomic E-state index is 0. The van der Waals surface area contributed by atoms with E-state index in [9.17, 15) is 13.2 Å². The maximum Gasteiger partial charge on any atom is 2.00 e. The van der Waals surface area contributed by atoms with Gasteiger partial charge >= 0.3 is 27.2 Å². The Kier molecular flexibility index (Phi) is 6.23. The van der Waals surface area contributed by atoms with Crippen LogP contribution in [0.4, 0.5) is 13.2 Å². The minimum Gasteiger partial charge on any atom is -0.423 e. The van der Waals surface area contributed by atoms with Gasteiger partial charge in [-0.15, -0.1) is 0 Å². The number of alkyl halides is 3. The molecule has 186 valence electrons. The van der Waals surface area contributed by atoms with Crippen LogP contribution >= 0.6 is 0 Å². The first-order chi connectivity index (χ1) is 16.0. The largest absolute Gasteiger partial charge is 2.00 e. The molecule has 6 rings (SSSR count). The number of nitrogens with one attached hydrogen (secondary N) is 1. The third-order valence-electron chi connectivity index (χ3n) is 7.30. The van der Waals surface area contributed by atoms with Crippen molar-refractivity contribution in [3.63, 3.8) is 0 Å². The summed E-state index contributed by atoms with van der Waals surface area (Å²) in [6.45, 7) is 8.75. The summed E-state index contributed by atoms with van der Waals surface area (Å²) in [4.78, 5) is 11.3. The average molecular weight is 665 g/mol. The first-order valence-electron chi connectivity index (χ1n) is 10.8. The number of fused-ring (bicyclic) bond motifs is 5. The van der Waals surface area contributed by atoms with E-state index < -0.39 is 12.0 Å². The molecule has 35 heavy (non-hydrogen) atoms. The number of nitrogens with zero attached hydrogens (tertiary/aromatic N) is 8. The van der Waals surface area contributed by atoms with Gasteiger partial charge in [-0.3, -0.25) is 20.3 Å². The van der Waals surface area contributed by atoms with Crippen molar-refractivity contribution < 1.29 is 34.2 Å². The first-order valence-corrected chi connectivity index (χ1v) is 10.8. The summed E-state index contributed by atoms with van der Waals surface area (Å²) in [5.41, 5.74) is 5.41. The zero-order chi connectivity index (χ0) is 24.3. The molecule has 4 heterocycles. The molecule has 0 aliphatic heterocycles. The Morgan fingerprint density at radius 1 is 1.06 bits per heavy atom. The van der Waals surface area contributed by atoms with E-state index in [1.807, 2.05) is 18.3 Å². The maximum atomic E-state index is 12.1. The quantitative estimate of drug-likeness (QED) is 0.344. The molecule has 2 aliphatic carbocycles. The van der Waals surface area contributed by atoms with Gasteiger partial charge in [0.25, 0.3) is 0 Å². The molecule has 0 saturated heterocycles. The van der Waals surface area contributed by atoms with Crippen molar-refractivity contribution in [1.82, 2.24) is 45.5 Å².